The van der Waals surface area contributed by atoms with Crippen LogP contribution in [-0.2, 0) is 4.74 Å². The largest absolute Gasteiger partial charge is 0.444 e. The number of carbonyl (C=O) groups is 1. The van der Waals surface area contributed by atoms with E-state index >= 15 is 0 Å². The van der Waals surface area contributed by atoms with E-state index in [1.165, 1.54) is 12.8 Å². The highest BCUT2D eigenvalue weighted by Crippen LogP contribution is 2.28. The molecule has 4 nitrogen and oxygen atoms in total. The molecule has 0 aromatic heterocycles. The third kappa shape index (κ3) is 2.62. The molecular formula is C11H20N2O2. The Labute approximate surface area is 90.8 Å². The summed E-state index contributed by atoms with van der Waals surface area (Å²) in [6.45, 7) is 5.64. The lowest BCUT2D eigenvalue weighted by molar-refractivity contribution is 0.0497. The summed E-state index contributed by atoms with van der Waals surface area (Å²) in [5.41, 5.74) is -0.408. The zero-order chi connectivity index (χ0) is 11.1. The van der Waals surface area contributed by atoms with Crippen molar-refractivity contribution in [2.45, 2.75) is 63.8 Å². The van der Waals surface area contributed by atoms with Gasteiger partial charge in [0.25, 0.3) is 0 Å². The number of rotatable bonds is 1. The van der Waals surface area contributed by atoms with Crippen LogP contribution in [0.5, 0.6) is 0 Å². The molecule has 0 aromatic carbocycles. The summed E-state index contributed by atoms with van der Waals surface area (Å²) in [7, 11) is 0. The van der Waals surface area contributed by atoms with Crippen LogP contribution >= 0.6 is 0 Å². The molecule has 2 aliphatic heterocycles. The lowest BCUT2D eigenvalue weighted by atomic mass is 9.96. The first-order valence-electron chi connectivity index (χ1n) is 5.69. The van der Waals surface area contributed by atoms with Gasteiger partial charge < -0.3 is 15.4 Å². The Morgan fingerprint density at radius 3 is 2.60 bits per heavy atom. The van der Waals surface area contributed by atoms with Crippen LogP contribution in [0.2, 0.25) is 0 Å². The number of ether oxygens (including phenoxy) is 1. The molecular weight excluding hydrogens is 192 g/mol. The molecule has 0 aromatic rings. The lowest BCUT2D eigenvalue weighted by Gasteiger charge is -2.25. The van der Waals surface area contributed by atoms with Gasteiger partial charge in [-0.05, 0) is 40.0 Å². The highest BCUT2D eigenvalue weighted by atomic mass is 16.6. The van der Waals surface area contributed by atoms with E-state index in [1.54, 1.807) is 0 Å². The summed E-state index contributed by atoms with van der Waals surface area (Å²) >= 11 is 0. The fraction of sp³-hybridized carbons (Fsp3) is 0.909. The van der Waals surface area contributed by atoms with Crippen LogP contribution in [0.1, 0.15) is 40.0 Å². The summed E-state index contributed by atoms with van der Waals surface area (Å²) < 4.78 is 5.23. The van der Waals surface area contributed by atoms with Gasteiger partial charge in [0, 0.05) is 18.1 Å². The molecule has 2 heterocycles. The Bertz CT molecular complexity index is 260. The zero-order valence-corrected chi connectivity index (χ0v) is 9.67. The van der Waals surface area contributed by atoms with E-state index in [4.69, 9.17) is 4.74 Å². The number of hydrogen-bond donors (Lipinski definition) is 2. The van der Waals surface area contributed by atoms with Crippen LogP contribution in [0.15, 0.2) is 0 Å². The van der Waals surface area contributed by atoms with E-state index in [1.807, 2.05) is 20.8 Å². The Balaban J connectivity index is 1.80. The van der Waals surface area contributed by atoms with Gasteiger partial charge in [-0.3, -0.25) is 0 Å². The molecule has 2 bridgehead atoms. The van der Waals surface area contributed by atoms with Gasteiger partial charge in [0.1, 0.15) is 5.60 Å². The molecule has 1 amide bonds. The van der Waals surface area contributed by atoms with Crippen molar-refractivity contribution in [2.75, 3.05) is 0 Å². The van der Waals surface area contributed by atoms with Crippen molar-refractivity contribution >= 4 is 6.09 Å². The average Bonchev–Trinajstić information content (AvgIpc) is 2.60. The second kappa shape index (κ2) is 3.67. The topological polar surface area (TPSA) is 50.4 Å². The second-order valence-electron chi connectivity index (χ2n) is 5.54. The molecule has 3 atom stereocenters. The van der Waals surface area contributed by atoms with Crippen molar-refractivity contribution in [1.82, 2.24) is 10.6 Å². The maximum absolute atomic E-state index is 11.5. The fourth-order valence-electron chi connectivity index (χ4n) is 2.44. The van der Waals surface area contributed by atoms with Crippen molar-refractivity contribution < 1.29 is 9.53 Å². The quantitative estimate of drug-likeness (QED) is 0.691. The minimum atomic E-state index is -0.408. The first kappa shape index (κ1) is 10.7. The van der Waals surface area contributed by atoms with E-state index in [-0.39, 0.29) is 12.1 Å². The van der Waals surface area contributed by atoms with Crippen molar-refractivity contribution in [3.8, 4) is 0 Å². The van der Waals surface area contributed by atoms with Crippen LogP contribution < -0.4 is 10.6 Å². The van der Waals surface area contributed by atoms with Gasteiger partial charge in [0.05, 0.1) is 0 Å². The lowest BCUT2D eigenvalue weighted by Crippen LogP contribution is -2.45. The third-order valence-corrected chi connectivity index (χ3v) is 3.00. The first-order chi connectivity index (χ1) is 6.94. The van der Waals surface area contributed by atoms with Gasteiger partial charge in [-0.15, -0.1) is 0 Å². The van der Waals surface area contributed by atoms with Crippen LogP contribution in [-0.4, -0.2) is 29.8 Å². The Kier molecular flexibility index (Phi) is 2.63. The molecule has 0 unspecified atom stereocenters. The third-order valence-electron chi connectivity index (χ3n) is 3.00. The Hall–Kier alpha value is -0.770. The molecule has 0 aliphatic carbocycles. The molecule has 2 rings (SSSR count). The summed E-state index contributed by atoms with van der Waals surface area (Å²) in [5, 5.41) is 6.42. The number of hydrogen-bond acceptors (Lipinski definition) is 3. The Morgan fingerprint density at radius 2 is 2.13 bits per heavy atom. The predicted octanol–water partition coefficient (Wildman–Crippen LogP) is 1.40. The van der Waals surface area contributed by atoms with E-state index in [2.05, 4.69) is 10.6 Å². The normalized spacial score (nSPS) is 34.2. The summed E-state index contributed by atoms with van der Waals surface area (Å²) in [6.07, 6.45) is 3.17. The summed E-state index contributed by atoms with van der Waals surface area (Å²) in [6, 6.07) is 1.33. The van der Waals surface area contributed by atoms with Gasteiger partial charge in [-0.1, -0.05) is 0 Å². The van der Waals surface area contributed by atoms with Gasteiger partial charge in [-0.2, -0.15) is 0 Å². The molecule has 2 fully saturated rings. The average molecular weight is 212 g/mol. The summed E-state index contributed by atoms with van der Waals surface area (Å²) in [4.78, 5) is 11.5. The standard InChI is InChI=1S/C11H20N2O2/c1-11(2,3)15-10(14)13-9-6-7-4-5-8(9)12-7/h7-9,12H,4-6H2,1-3H3,(H,13,14)/t7-,8-,9-/m1/s1. The molecule has 0 saturated carbocycles. The van der Waals surface area contributed by atoms with Crippen molar-refractivity contribution in [3.05, 3.63) is 0 Å². The molecule has 86 valence electrons. The number of carbonyl (C=O) groups excluding carboxylic acids is 1. The molecule has 15 heavy (non-hydrogen) atoms. The molecule has 0 spiro atoms. The van der Waals surface area contributed by atoms with Crippen LogP contribution in [0.25, 0.3) is 0 Å². The maximum atomic E-state index is 11.5. The predicted molar refractivity (Wildman–Crippen MR) is 57.7 cm³/mol. The molecule has 2 N–H and O–H groups in total. The van der Waals surface area contributed by atoms with E-state index in [0.717, 1.165) is 6.42 Å². The maximum Gasteiger partial charge on any atom is 0.407 e. The van der Waals surface area contributed by atoms with E-state index in [0.29, 0.717) is 12.1 Å². The van der Waals surface area contributed by atoms with E-state index in [9.17, 15) is 4.79 Å². The molecule has 2 saturated heterocycles. The smallest absolute Gasteiger partial charge is 0.407 e. The minimum Gasteiger partial charge on any atom is -0.444 e. The van der Waals surface area contributed by atoms with Gasteiger partial charge in [0.15, 0.2) is 0 Å². The fourth-order valence-corrected chi connectivity index (χ4v) is 2.44. The molecule has 0 radical (unpaired) electrons. The van der Waals surface area contributed by atoms with Crippen LogP contribution in [0, 0.1) is 0 Å². The van der Waals surface area contributed by atoms with Gasteiger partial charge in [0.2, 0.25) is 0 Å². The SMILES string of the molecule is CC(C)(C)OC(=O)N[C@@H]1C[C@H]2CC[C@H]1N2. The number of fused-ring (bicyclic) bond motifs is 2. The monoisotopic (exact) mass is 212 g/mol. The van der Waals surface area contributed by atoms with Gasteiger partial charge in [-0.25, -0.2) is 4.79 Å². The number of nitrogens with one attached hydrogen (secondary N) is 2. The highest BCUT2D eigenvalue weighted by Gasteiger charge is 2.40. The second-order valence-corrected chi connectivity index (χ2v) is 5.54. The zero-order valence-electron chi connectivity index (χ0n) is 9.67. The first-order valence-corrected chi connectivity index (χ1v) is 5.69. The van der Waals surface area contributed by atoms with Crippen molar-refractivity contribution in [3.63, 3.8) is 0 Å². The van der Waals surface area contributed by atoms with Crippen LogP contribution in [0.3, 0.4) is 0 Å². The molecule has 4 heteroatoms. The minimum absolute atomic E-state index is 0.263. The van der Waals surface area contributed by atoms with Crippen molar-refractivity contribution in [2.24, 2.45) is 0 Å². The molecule has 2 aliphatic rings. The van der Waals surface area contributed by atoms with Crippen LogP contribution in [0.4, 0.5) is 4.79 Å². The number of alkyl carbamates (subject to hydrolysis) is 1. The summed E-state index contributed by atoms with van der Waals surface area (Å²) in [5.74, 6) is 0. The number of amides is 1. The Morgan fingerprint density at radius 1 is 1.40 bits per heavy atom. The van der Waals surface area contributed by atoms with Crippen molar-refractivity contribution in [1.29, 1.82) is 0 Å². The van der Waals surface area contributed by atoms with Gasteiger partial charge >= 0.3 is 6.09 Å². The van der Waals surface area contributed by atoms with E-state index < -0.39 is 5.60 Å². The highest BCUT2D eigenvalue weighted by molar-refractivity contribution is 5.68.